The Balaban J connectivity index is 2.33. The third-order valence-electron chi connectivity index (χ3n) is 2.75. The summed E-state index contributed by atoms with van der Waals surface area (Å²) in [6.45, 7) is 0.980. The zero-order valence-corrected chi connectivity index (χ0v) is 8.97. The largest absolute Gasteiger partial charge is 0.502 e. The summed E-state index contributed by atoms with van der Waals surface area (Å²) >= 11 is 0. The lowest BCUT2D eigenvalue weighted by Gasteiger charge is -2.11. The molecule has 0 saturated heterocycles. The smallest absolute Gasteiger partial charge is 0.370 e. The third-order valence-corrected chi connectivity index (χ3v) is 2.75. The van der Waals surface area contributed by atoms with Crippen LogP contribution in [-0.4, -0.2) is 29.8 Å². The maximum absolute atomic E-state index is 10.5. The molecule has 0 aliphatic carbocycles. The van der Waals surface area contributed by atoms with Gasteiger partial charge in [-0.25, -0.2) is 4.79 Å². The van der Waals surface area contributed by atoms with Gasteiger partial charge in [0.2, 0.25) is 5.76 Å². The Kier molecular flexibility index (Phi) is 2.56. The van der Waals surface area contributed by atoms with Crippen molar-refractivity contribution in [2.24, 2.45) is 0 Å². The van der Waals surface area contributed by atoms with Crippen LogP contribution in [0.25, 0.3) is 6.08 Å². The minimum absolute atomic E-state index is 0.633. The molecule has 1 aliphatic rings. The molecule has 2 rings (SSSR count). The summed E-state index contributed by atoms with van der Waals surface area (Å²) in [4.78, 5) is 12.6. The number of carbonyl (C=O) groups is 1. The molecular formula is C12H13NO3. The number of aliphatic hydroxyl groups excluding tert-OH is 1. The monoisotopic (exact) mass is 219 g/mol. The lowest BCUT2D eigenvalue weighted by Crippen LogP contribution is -2.12. The molecule has 1 heterocycles. The van der Waals surface area contributed by atoms with Gasteiger partial charge in [-0.3, -0.25) is 0 Å². The minimum atomic E-state index is -1.31. The average Bonchev–Trinajstić information content (AvgIpc) is 2.60. The van der Waals surface area contributed by atoms with Crippen LogP contribution in [0.5, 0.6) is 0 Å². The fourth-order valence-corrected chi connectivity index (χ4v) is 1.90. The van der Waals surface area contributed by atoms with Crippen molar-refractivity contribution < 1.29 is 15.0 Å². The van der Waals surface area contributed by atoms with Gasteiger partial charge >= 0.3 is 5.97 Å². The second-order valence-electron chi connectivity index (χ2n) is 3.89. The molecule has 4 nitrogen and oxygen atoms in total. The lowest BCUT2D eigenvalue weighted by molar-refractivity contribution is -0.135. The number of aliphatic carboxylic acids is 1. The van der Waals surface area contributed by atoms with Gasteiger partial charge in [0.25, 0.3) is 0 Å². The maximum Gasteiger partial charge on any atom is 0.370 e. The normalized spacial score (nSPS) is 15.1. The Morgan fingerprint density at radius 2 is 2.19 bits per heavy atom. The van der Waals surface area contributed by atoms with E-state index in [1.54, 1.807) is 6.07 Å². The predicted octanol–water partition coefficient (Wildman–Crippen LogP) is 1.66. The Labute approximate surface area is 93.4 Å². The zero-order chi connectivity index (χ0) is 11.7. The number of hydrogen-bond donors (Lipinski definition) is 2. The van der Waals surface area contributed by atoms with E-state index in [0.717, 1.165) is 13.0 Å². The molecule has 1 aromatic carbocycles. The zero-order valence-electron chi connectivity index (χ0n) is 8.97. The van der Waals surface area contributed by atoms with Crippen molar-refractivity contribution in [3.63, 3.8) is 0 Å². The summed E-state index contributed by atoms with van der Waals surface area (Å²) < 4.78 is 0. The molecule has 0 unspecified atom stereocenters. The van der Waals surface area contributed by atoms with Crippen LogP contribution in [0.15, 0.2) is 24.0 Å². The van der Waals surface area contributed by atoms with Gasteiger partial charge in [-0.15, -0.1) is 0 Å². The van der Waals surface area contributed by atoms with Crippen LogP contribution in [0.2, 0.25) is 0 Å². The minimum Gasteiger partial charge on any atom is -0.502 e. The molecule has 0 amide bonds. The first kappa shape index (κ1) is 10.5. The van der Waals surface area contributed by atoms with Gasteiger partial charge in [0.05, 0.1) is 0 Å². The summed E-state index contributed by atoms with van der Waals surface area (Å²) in [5, 5.41) is 17.7. The first-order valence-corrected chi connectivity index (χ1v) is 5.06. The van der Waals surface area contributed by atoms with Crippen molar-refractivity contribution in [2.45, 2.75) is 6.42 Å². The van der Waals surface area contributed by atoms with Crippen molar-refractivity contribution in [3.8, 4) is 0 Å². The van der Waals surface area contributed by atoms with E-state index in [2.05, 4.69) is 4.90 Å². The number of likely N-dealkylation sites (N-methyl/N-ethyl adjacent to an activating group) is 1. The third kappa shape index (κ3) is 1.86. The van der Waals surface area contributed by atoms with Crippen LogP contribution in [0.1, 0.15) is 11.1 Å². The number of benzene rings is 1. The van der Waals surface area contributed by atoms with E-state index in [1.165, 1.54) is 17.3 Å². The van der Waals surface area contributed by atoms with Crippen LogP contribution < -0.4 is 4.90 Å². The second-order valence-corrected chi connectivity index (χ2v) is 3.89. The summed E-state index contributed by atoms with van der Waals surface area (Å²) in [5.41, 5.74) is 3.08. The molecule has 1 aliphatic heterocycles. The van der Waals surface area contributed by atoms with Crippen LogP contribution >= 0.6 is 0 Å². The Hall–Kier alpha value is -1.97. The number of carboxylic acid groups (broad SMARTS) is 1. The molecule has 0 bridgehead atoms. The van der Waals surface area contributed by atoms with Gasteiger partial charge < -0.3 is 15.1 Å². The number of carboxylic acids is 1. The SMILES string of the molecule is CN1CCc2cc(C=C(O)C(=O)O)ccc21. The van der Waals surface area contributed by atoms with Crippen molar-refractivity contribution >= 4 is 17.7 Å². The van der Waals surface area contributed by atoms with Crippen molar-refractivity contribution in [1.82, 2.24) is 0 Å². The first-order chi connectivity index (χ1) is 7.58. The van der Waals surface area contributed by atoms with Gasteiger partial charge in [0.1, 0.15) is 0 Å². The van der Waals surface area contributed by atoms with E-state index in [1.807, 2.05) is 19.2 Å². The highest BCUT2D eigenvalue weighted by Crippen LogP contribution is 2.27. The summed E-state index contributed by atoms with van der Waals surface area (Å²) in [6.07, 6.45) is 2.22. The number of fused-ring (bicyclic) bond motifs is 1. The molecule has 0 radical (unpaired) electrons. The molecule has 0 aromatic heterocycles. The fraction of sp³-hybridized carbons (Fsp3) is 0.250. The highest BCUT2D eigenvalue weighted by Gasteiger charge is 2.15. The molecule has 0 spiro atoms. The Morgan fingerprint density at radius 1 is 1.44 bits per heavy atom. The van der Waals surface area contributed by atoms with Gasteiger partial charge in [0.15, 0.2) is 0 Å². The standard InChI is InChI=1S/C12H13NO3/c1-13-5-4-9-6-8(2-3-10(9)13)7-11(14)12(15)16/h2-3,6-7,14H,4-5H2,1H3,(H,15,16). The van der Waals surface area contributed by atoms with Crippen LogP contribution in [0.4, 0.5) is 5.69 Å². The van der Waals surface area contributed by atoms with Crippen molar-refractivity contribution in [1.29, 1.82) is 0 Å². The van der Waals surface area contributed by atoms with Gasteiger partial charge in [-0.2, -0.15) is 0 Å². The van der Waals surface area contributed by atoms with E-state index in [0.29, 0.717) is 5.56 Å². The van der Waals surface area contributed by atoms with E-state index < -0.39 is 11.7 Å². The summed E-state index contributed by atoms with van der Waals surface area (Å²) in [6, 6.07) is 5.67. The molecule has 0 atom stereocenters. The summed E-state index contributed by atoms with van der Waals surface area (Å²) in [5.74, 6) is -1.94. The van der Waals surface area contributed by atoms with Gasteiger partial charge in [0, 0.05) is 19.3 Å². The number of anilines is 1. The number of nitrogens with zero attached hydrogens (tertiary/aromatic N) is 1. The second kappa shape index (κ2) is 3.89. The predicted molar refractivity (Wildman–Crippen MR) is 61.7 cm³/mol. The van der Waals surface area contributed by atoms with E-state index in [4.69, 9.17) is 10.2 Å². The van der Waals surface area contributed by atoms with Crippen LogP contribution in [-0.2, 0) is 11.2 Å². The van der Waals surface area contributed by atoms with Gasteiger partial charge in [-0.1, -0.05) is 6.07 Å². The van der Waals surface area contributed by atoms with E-state index >= 15 is 0 Å². The molecule has 84 valence electrons. The molecule has 4 heteroatoms. The average molecular weight is 219 g/mol. The molecule has 0 fully saturated rings. The van der Waals surface area contributed by atoms with Crippen molar-refractivity contribution in [3.05, 3.63) is 35.1 Å². The highest BCUT2D eigenvalue weighted by molar-refractivity contribution is 5.89. The Morgan fingerprint density at radius 3 is 2.88 bits per heavy atom. The summed E-state index contributed by atoms with van der Waals surface area (Å²) in [7, 11) is 2.02. The lowest BCUT2D eigenvalue weighted by atomic mass is 10.1. The molecule has 16 heavy (non-hydrogen) atoms. The molecule has 2 N–H and O–H groups in total. The number of rotatable bonds is 2. The maximum atomic E-state index is 10.5. The van der Waals surface area contributed by atoms with Crippen molar-refractivity contribution in [2.75, 3.05) is 18.5 Å². The first-order valence-electron chi connectivity index (χ1n) is 5.06. The number of hydrogen-bond acceptors (Lipinski definition) is 3. The van der Waals surface area contributed by atoms with Crippen LogP contribution in [0, 0.1) is 0 Å². The van der Waals surface area contributed by atoms with E-state index in [9.17, 15) is 4.79 Å². The van der Waals surface area contributed by atoms with Crippen LogP contribution in [0.3, 0.4) is 0 Å². The Bertz CT molecular complexity index is 465. The topological polar surface area (TPSA) is 60.8 Å². The quantitative estimate of drug-likeness (QED) is 0.586. The molecule has 1 aromatic rings. The molecular weight excluding hydrogens is 206 g/mol. The molecule has 0 saturated carbocycles. The van der Waals surface area contributed by atoms with E-state index in [-0.39, 0.29) is 0 Å². The highest BCUT2D eigenvalue weighted by atomic mass is 16.4. The van der Waals surface area contributed by atoms with Gasteiger partial charge in [-0.05, 0) is 35.8 Å². The number of aliphatic hydroxyl groups is 1. The fourth-order valence-electron chi connectivity index (χ4n) is 1.90.